The van der Waals surface area contributed by atoms with Crippen molar-refractivity contribution in [1.29, 1.82) is 0 Å². The molecule has 5 heteroatoms. The fourth-order valence-corrected chi connectivity index (χ4v) is 2.47. The lowest BCUT2D eigenvalue weighted by Crippen LogP contribution is -2.38. The molecule has 2 aromatic carbocycles. The molecule has 2 aromatic rings. The number of anilines is 2. The second-order valence-corrected chi connectivity index (χ2v) is 6.17. The lowest BCUT2D eigenvalue weighted by Gasteiger charge is -2.28. The van der Waals surface area contributed by atoms with Crippen molar-refractivity contribution >= 4 is 23.3 Å². The molecule has 132 valence electrons. The number of rotatable bonds is 6. The lowest BCUT2D eigenvalue weighted by atomic mass is 10.2. The van der Waals surface area contributed by atoms with Crippen molar-refractivity contribution in [2.45, 2.75) is 26.8 Å². The van der Waals surface area contributed by atoms with Crippen LogP contribution in [0, 0.1) is 6.92 Å². The Balaban J connectivity index is 2.04. The first kappa shape index (κ1) is 18.5. The first-order valence-electron chi connectivity index (χ1n) is 8.22. The highest BCUT2D eigenvalue weighted by molar-refractivity contribution is 5.95. The van der Waals surface area contributed by atoms with E-state index in [4.69, 9.17) is 0 Å². The van der Waals surface area contributed by atoms with Gasteiger partial charge in [0, 0.05) is 17.4 Å². The quantitative estimate of drug-likeness (QED) is 0.816. The molecule has 1 amide bonds. The molecule has 0 aliphatic carbocycles. The van der Waals surface area contributed by atoms with Gasteiger partial charge in [-0.1, -0.05) is 17.7 Å². The van der Waals surface area contributed by atoms with E-state index >= 15 is 0 Å². The zero-order chi connectivity index (χ0) is 18.4. The standard InChI is InChI=1S/C20H24N2O3/c1-14(2)22(18-11-5-15(3)6-12-18)13-19(23)21-17-9-7-16(8-10-17)20(24)25-4/h5-12,14H,13H2,1-4H3,(H,21,23). The van der Waals surface area contributed by atoms with Gasteiger partial charge in [0.2, 0.25) is 5.91 Å². The average Bonchev–Trinajstić information content (AvgIpc) is 2.60. The third-order valence-corrected chi connectivity index (χ3v) is 3.89. The van der Waals surface area contributed by atoms with Gasteiger partial charge < -0.3 is 15.0 Å². The van der Waals surface area contributed by atoms with Crippen molar-refractivity contribution in [1.82, 2.24) is 0 Å². The maximum absolute atomic E-state index is 12.4. The molecule has 0 saturated heterocycles. The van der Waals surface area contributed by atoms with E-state index in [2.05, 4.69) is 23.9 Å². The Morgan fingerprint density at radius 3 is 2.16 bits per heavy atom. The Morgan fingerprint density at radius 1 is 1.04 bits per heavy atom. The van der Waals surface area contributed by atoms with E-state index in [1.54, 1.807) is 24.3 Å². The van der Waals surface area contributed by atoms with Crippen molar-refractivity contribution < 1.29 is 14.3 Å². The smallest absolute Gasteiger partial charge is 0.337 e. The maximum atomic E-state index is 12.4. The SMILES string of the molecule is COC(=O)c1ccc(NC(=O)CN(c2ccc(C)cc2)C(C)C)cc1. The summed E-state index contributed by atoms with van der Waals surface area (Å²) in [6.07, 6.45) is 0. The first-order valence-corrected chi connectivity index (χ1v) is 8.22. The monoisotopic (exact) mass is 340 g/mol. The van der Waals surface area contributed by atoms with Gasteiger partial charge in [0.05, 0.1) is 19.2 Å². The summed E-state index contributed by atoms with van der Waals surface area (Å²) in [5, 5.41) is 2.86. The van der Waals surface area contributed by atoms with Crippen LogP contribution in [0.5, 0.6) is 0 Å². The molecule has 0 bridgehead atoms. The molecule has 2 rings (SSSR count). The minimum atomic E-state index is -0.400. The van der Waals surface area contributed by atoms with E-state index in [9.17, 15) is 9.59 Å². The van der Waals surface area contributed by atoms with Crippen molar-refractivity contribution in [3.8, 4) is 0 Å². The molecule has 25 heavy (non-hydrogen) atoms. The van der Waals surface area contributed by atoms with Crippen LogP contribution in [0.4, 0.5) is 11.4 Å². The zero-order valence-electron chi connectivity index (χ0n) is 15.1. The minimum Gasteiger partial charge on any atom is -0.465 e. The number of ether oxygens (including phenoxy) is 1. The molecular weight excluding hydrogens is 316 g/mol. The molecule has 0 atom stereocenters. The summed E-state index contributed by atoms with van der Waals surface area (Å²) in [5.74, 6) is -0.511. The molecule has 0 fully saturated rings. The fourth-order valence-electron chi connectivity index (χ4n) is 2.47. The van der Waals surface area contributed by atoms with Crippen LogP contribution in [0.15, 0.2) is 48.5 Å². The number of amides is 1. The predicted octanol–water partition coefficient (Wildman–Crippen LogP) is 3.64. The second-order valence-electron chi connectivity index (χ2n) is 6.17. The van der Waals surface area contributed by atoms with Crippen LogP contribution in [0.25, 0.3) is 0 Å². The summed E-state index contributed by atoms with van der Waals surface area (Å²) in [5.41, 5.74) is 3.29. The first-order chi connectivity index (χ1) is 11.9. The molecule has 0 aromatic heterocycles. The van der Waals surface area contributed by atoms with Gasteiger partial charge in [0.1, 0.15) is 0 Å². The minimum absolute atomic E-state index is 0.111. The van der Waals surface area contributed by atoms with E-state index < -0.39 is 5.97 Å². The molecule has 0 radical (unpaired) electrons. The van der Waals surface area contributed by atoms with Crippen molar-refractivity contribution in [3.05, 3.63) is 59.7 Å². The van der Waals surface area contributed by atoms with Crippen LogP contribution in [0.3, 0.4) is 0 Å². The summed E-state index contributed by atoms with van der Waals surface area (Å²) in [7, 11) is 1.34. The number of carbonyl (C=O) groups excluding carboxylic acids is 2. The van der Waals surface area contributed by atoms with Crippen LogP contribution in [-0.4, -0.2) is 31.6 Å². The lowest BCUT2D eigenvalue weighted by molar-refractivity contribution is -0.115. The largest absolute Gasteiger partial charge is 0.465 e. The molecule has 5 nitrogen and oxygen atoms in total. The zero-order valence-corrected chi connectivity index (χ0v) is 15.1. The fraction of sp³-hybridized carbons (Fsp3) is 0.300. The van der Waals surface area contributed by atoms with Gasteiger partial charge in [-0.25, -0.2) is 4.79 Å². The average molecular weight is 340 g/mol. The second kappa shape index (κ2) is 8.33. The number of carbonyl (C=O) groups is 2. The number of nitrogens with one attached hydrogen (secondary N) is 1. The Morgan fingerprint density at radius 2 is 1.64 bits per heavy atom. The highest BCUT2D eigenvalue weighted by atomic mass is 16.5. The highest BCUT2D eigenvalue weighted by Crippen LogP contribution is 2.18. The van der Waals surface area contributed by atoms with Crippen LogP contribution < -0.4 is 10.2 Å². The van der Waals surface area contributed by atoms with Crippen LogP contribution in [0.2, 0.25) is 0 Å². The Bertz CT molecular complexity index is 722. The number of aryl methyl sites for hydroxylation is 1. The van der Waals surface area contributed by atoms with Gasteiger partial charge in [-0.15, -0.1) is 0 Å². The number of benzene rings is 2. The Kier molecular flexibility index (Phi) is 6.17. The van der Waals surface area contributed by atoms with Gasteiger partial charge in [0.25, 0.3) is 0 Å². The van der Waals surface area contributed by atoms with Crippen molar-refractivity contribution in [2.24, 2.45) is 0 Å². The Labute approximate surface area is 148 Å². The number of methoxy groups -OCH3 is 1. The van der Waals surface area contributed by atoms with E-state index in [1.807, 2.05) is 36.1 Å². The molecule has 0 aliphatic heterocycles. The van der Waals surface area contributed by atoms with Gasteiger partial charge in [-0.2, -0.15) is 0 Å². The Hall–Kier alpha value is -2.82. The summed E-state index contributed by atoms with van der Waals surface area (Å²) in [6.45, 7) is 6.39. The summed E-state index contributed by atoms with van der Waals surface area (Å²) < 4.78 is 4.66. The summed E-state index contributed by atoms with van der Waals surface area (Å²) in [6, 6.07) is 14.9. The third kappa shape index (κ3) is 5.08. The number of nitrogens with zero attached hydrogens (tertiary/aromatic N) is 1. The molecule has 0 spiro atoms. The molecule has 0 saturated carbocycles. The van der Waals surface area contributed by atoms with Crippen LogP contribution in [0.1, 0.15) is 29.8 Å². The maximum Gasteiger partial charge on any atom is 0.337 e. The number of esters is 1. The summed E-state index contributed by atoms with van der Waals surface area (Å²) in [4.78, 5) is 25.9. The number of hydrogen-bond acceptors (Lipinski definition) is 4. The van der Waals surface area contributed by atoms with Gasteiger partial charge in [-0.3, -0.25) is 4.79 Å². The van der Waals surface area contributed by atoms with E-state index in [1.165, 1.54) is 12.7 Å². The van der Waals surface area contributed by atoms with E-state index in [-0.39, 0.29) is 18.5 Å². The van der Waals surface area contributed by atoms with Gasteiger partial charge in [-0.05, 0) is 57.2 Å². The van der Waals surface area contributed by atoms with Crippen molar-refractivity contribution in [3.63, 3.8) is 0 Å². The number of hydrogen-bond donors (Lipinski definition) is 1. The van der Waals surface area contributed by atoms with E-state index in [0.717, 1.165) is 5.69 Å². The van der Waals surface area contributed by atoms with E-state index in [0.29, 0.717) is 11.3 Å². The molecule has 0 aliphatic rings. The normalized spacial score (nSPS) is 10.4. The topological polar surface area (TPSA) is 58.6 Å². The summed E-state index contributed by atoms with van der Waals surface area (Å²) >= 11 is 0. The van der Waals surface area contributed by atoms with Gasteiger partial charge in [0.15, 0.2) is 0 Å². The van der Waals surface area contributed by atoms with Gasteiger partial charge >= 0.3 is 5.97 Å². The molecule has 0 unspecified atom stereocenters. The molecule has 0 heterocycles. The predicted molar refractivity (Wildman–Crippen MR) is 100 cm³/mol. The molecule has 1 N–H and O–H groups in total. The molecular formula is C20H24N2O3. The highest BCUT2D eigenvalue weighted by Gasteiger charge is 2.15. The van der Waals surface area contributed by atoms with Crippen LogP contribution in [-0.2, 0) is 9.53 Å². The van der Waals surface area contributed by atoms with Crippen molar-refractivity contribution in [2.75, 3.05) is 23.9 Å². The van der Waals surface area contributed by atoms with Crippen LogP contribution >= 0.6 is 0 Å². The third-order valence-electron chi connectivity index (χ3n) is 3.89.